The van der Waals surface area contributed by atoms with Crippen LogP contribution in [0.1, 0.15) is 23.4 Å². The van der Waals surface area contributed by atoms with E-state index in [1.165, 1.54) is 0 Å². The molecule has 1 N–H and O–H groups in total. The summed E-state index contributed by atoms with van der Waals surface area (Å²) in [4.78, 5) is 19.4. The van der Waals surface area contributed by atoms with Crippen LogP contribution in [0.4, 0.5) is 5.82 Å². The van der Waals surface area contributed by atoms with E-state index in [1.54, 1.807) is 17.7 Å². The molecule has 0 radical (unpaired) electrons. The number of nitrogens with zero attached hydrogens (tertiary/aromatic N) is 5. The first kappa shape index (κ1) is 18.9. The molecule has 8 heteroatoms. The second-order valence-corrected chi connectivity index (χ2v) is 8.79. The Morgan fingerprint density at radius 3 is 2.55 bits per heavy atom. The molecule has 152 valence electrons. The smallest absolute Gasteiger partial charge is 0.159 e. The van der Waals surface area contributed by atoms with Crippen LogP contribution in [0.3, 0.4) is 0 Å². The SMILES string of the molecule is OC1(c2ccccc2)CCN(c2ncnc3sc(CN4CCOCC4)nc23)CC1. The molecule has 2 saturated heterocycles. The molecule has 0 saturated carbocycles. The highest BCUT2D eigenvalue weighted by Gasteiger charge is 2.35. The van der Waals surface area contributed by atoms with Gasteiger partial charge in [-0.15, -0.1) is 0 Å². The van der Waals surface area contributed by atoms with Crippen LogP contribution < -0.4 is 4.90 Å². The minimum absolute atomic E-state index is 0.674. The molecule has 1 aromatic carbocycles. The standard InChI is InChI=1S/C21H25N5O2S/c27-21(16-4-2-1-3-5-16)6-8-26(9-7-21)19-18-20(23-15-22-19)29-17(24-18)14-25-10-12-28-13-11-25/h1-5,15,27H,6-14H2. The number of rotatable bonds is 4. The summed E-state index contributed by atoms with van der Waals surface area (Å²) in [5.41, 5.74) is 1.10. The Kier molecular flexibility index (Phi) is 5.17. The lowest BCUT2D eigenvalue weighted by Gasteiger charge is -2.39. The number of hydrogen-bond donors (Lipinski definition) is 1. The van der Waals surface area contributed by atoms with Crippen LogP contribution in [0.2, 0.25) is 0 Å². The highest BCUT2D eigenvalue weighted by Crippen LogP contribution is 2.36. The lowest BCUT2D eigenvalue weighted by Crippen LogP contribution is -2.43. The van der Waals surface area contributed by atoms with E-state index in [1.807, 2.05) is 30.3 Å². The summed E-state index contributed by atoms with van der Waals surface area (Å²) in [6.07, 6.45) is 2.98. The number of thiazole rings is 1. The van der Waals surface area contributed by atoms with E-state index >= 15 is 0 Å². The van der Waals surface area contributed by atoms with E-state index in [2.05, 4.69) is 19.8 Å². The third-order valence-electron chi connectivity index (χ3n) is 5.88. The number of anilines is 1. The Morgan fingerprint density at radius 1 is 1.03 bits per heavy atom. The summed E-state index contributed by atoms with van der Waals surface area (Å²) < 4.78 is 5.44. The Morgan fingerprint density at radius 2 is 1.79 bits per heavy atom. The van der Waals surface area contributed by atoms with E-state index in [0.717, 1.165) is 72.7 Å². The Hall–Kier alpha value is -2.13. The number of hydrogen-bond acceptors (Lipinski definition) is 8. The molecule has 2 aromatic heterocycles. The number of aliphatic hydroxyl groups is 1. The van der Waals surface area contributed by atoms with Crippen molar-refractivity contribution in [1.82, 2.24) is 19.9 Å². The molecule has 0 unspecified atom stereocenters. The predicted molar refractivity (Wildman–Crippen MR) is 113 cm³/mol. The normalized spacial score (nSPS) is 20.2. The average molecular weight is 412 g/mol. The molecule has 4 heterocycles. The molecule has 0 spiro atoms. The largest absolute Gasteiger partial charge is 0.385 e. The first-order chi connectivity index (χ1) is 14.2. The van der Waals surface area contributed by atoms with Crippen molar-refractivity contribution in [3.63, 3.8) is 0 Å². The van der Waals surface area contributed by atoms with Gasteiger partial charge in [-0.3, -0.25) is 4.90 Å². The maximum atomic E-state index is 11.1. The fourth-order valence-corrected chi connectivity index (χ4v) is 5.10. The Labute approximate surface area is 174 Å². The van der Waals surface area contributed by atoms with Crippen LogP contribution in [0, 0.1) is 0 Å². The van der Waals surface area contributed by atoms with Crippen LogP contribution in [0.5, 0.6) is 0 Å². The van der Waals surface area contributed by atoms with Crippen molar-refractivity contribution >= 4 is 27.5 Å². The van der Waals surface area contributed by atoms with E-state index < -0.39 is 5.60 Å². The third kappa shape index (κ3) is 3.85. The second-order valence-electron chi connectivity index (χ2n) is 7.73. The van der Waals surface area contributed by atoms with Gasteiger partial charge >= 0.3 is 0 Å². The molecule has 3 aromatic rings. The molecule has 2 aliphatic rings. The highest BCUT2D eigenvalue weighted by atomic mass is 32.1. The maximum Gasteiger partial charge on any atom is 0.159 e. The number of morpholine rings is 1. The first-order valence-corrected chi connectivity index (χ1v) is 11.0. The van der Waals surface area contributed by atoms with Gasteiger partial charge in [0.2, 0.25) is 0 Å². The number of aromatic nitrogens is 3. The van der Waals surface area contributed by atoms with Crippen LogP contribution in [0.25, 0.3) is 10.3 Å². The van der Waals surface area contributed by atoms with Crippen molar-refractivity contribution in [2.24, 2.45) is 0 Å². The summed E-state index contributed by atoms with van der Waals surface area (Å²) >= 11 is 1.64. The molecule has 0 bridgehead atoms. The van der Waals surface area contributed by atoms with Crippen molar-refractivity contribution in [2.45, 2.75) is 25.0 Å². The molecule has 2 fully saturated rings. The molecule has 0 atom stereocenters. The van der Waals surface area contributed by atoms with E-state index in [0.29, 0.717) is 12.8 Å². The highest BCUT2D eigenvalue weighted by molar-refractivity contribution is 7.18. The Bertz CT molecular complexity index is 966. The topological polar surface area (TPSA) is 74.6 Å². The summed E-state index contributed by atoms with van der Waals surface area (Å²) in [5.74, 6) is 0.884. The van der Waals surface area contributed by atoms with Gasteiger partial charge in [0, 0.05) is 26.2 Å². The van der Waals surface area contributed by atoms with Crippen LogP contribution in [-0.2, 0) is 16.9 Å². The summed E-state index contributed by atoms with van der Waals surface area (Å²) in [5, 5.41) is 12.2. The van der Waals surface area contributed by atoms with Crippen molar-refractivity contribution < 1.29 is 9.84 Å². The van der Waals surface area contributed by atoms with Gasteiger partial charge in [0.15, 0.2) is 5.82 Å². The number of benzene rings is 1. The number of ether oxygens (including phenoxy) is 1. The predicted octanol–water partition coefficient (Wildman–Crippen LogP) is 2.41. The van der Waals surface area contributed by atoms with E-state index in [4.69, 9.17) is 9.72 Å². The molecule has 5 rings (SSSR count). The molecular formula is C21H25N5O2S. The number of fused-ring (bicyclic) bond motifs is 1. The summed E-state index contributed by atoms with van der Waals surface area (Å²) in [6, 6.07) is 9.97. The van der Waals surface area contributed by atoms with Gasteiger partial charge < -0.3 is 14.7 Å². The molecule has 29 heavy (non-hydrogen) atoms. The average Bonchev–Trinajstić information content (AvgIpc) is 3.18. The fourth-order valence-electron chi connectivity index (χ4n) is 4.16. The summed E-state index contributed by atoms with van der Waals surface area (Å²) in [6.45, 7) is 5.78. The van der Waals surface area contributed by atoms with Crippen LogP contribution in [-0.4, -0.2) is 64.4 Å². The van der Waals surface area contributed by atoms with E-state index in [-0.39, 0.29) is 0 Å². The van der Waals surface area contributed by atoms with Gasteiger partial charge in [0.1, 0.15) is 21.7 Å². The monoisotopic (exact) mass is 411 g/mol. The lowest BCUT2D eigenvalue weighted by atomic mass is 9.84. The van der Waals surface area contributed by atoms with Crippen molar-refractivity contribution in [1.29, 1.82) is 0 Å². The second kappa shape index (κ2) is 7.95. The zero-order valence-electron chi connectivity index (χ0n) is 16.3. The van der Waals surface area contributed by atoms with Crippen molar-refractivity contribution in [2.75, 3.05) is 44.3 Å². The van der Waals surface area contributed by atoms with Gasteiger partial charge in [0.25, 0.3) is 0 Å². The zero-order valence-corrected chi connectivity index (χ0v) is 17.1. The maximum absolute atomic E-state index is 11.1. The van der Waals surface area contributed by atoms with Gasteiger partial charge in [-0.2, -0.15) is 0 Å². The van der Waals surface area contributed by atoms with Crippen LogP contribution >= 0.6 is 11.3 Å². The van der Waals surface area contributed by atoms with Crippen molar-refractivity contribution in [3.8, 4) is 0 Å². The lowest BCUT2D eigenvalue weighted by molar-refractivity contribution is 0.0117. The van der Waals surface area contributed by atoms with Gasteiger partial charge in [-0.25, -0.2) is 15.0 Å². The fraction of sp³-hybridized carbons (Fsp3) is 0.476. The minimum atomic E-state index is -0.770. The van der Waals surface area contributed by atoms with E-state index in [9.17, 15) is 5.11 Å². The molecule has 2 aliphatic heterocycles. The van der Waals surface area contributed by atoms with Gasteiger partial charge in [0.05, 0.1) is 25.4 Å². The summed E-state index contributed by atoms with van der Waals surface area (Å²) in [7, 11) is 0. The molecule has 0 aliphatic carbocycles. The van der Waals surface area contributed by atoms with Gasteiger partial charge in [-0.1, -0.05) is 41.7 Å². The number of piperidine rings is 1. The molecule has 0 amide bonds. The van der Waals surface area contributed by atoms with Gasteiger partial charge in [-0.05, 0) is 18.4 Å². The molecule has 7 nitrogen and oxygen atoms in total. The third-order valence-corrected chi connectivity index (χ3v) is 6.83. The Balaban J connectivity index is 1.34. The van der Waals surface area contributed by atoms with Crippen LogP contribution in [0.15, 0.2) is 36.7 Å². The van der Waals surface area contributed by atoms with Crippen molar-refractivity contribution in [3.05, 3.63) is 47.2 Å². The quantitative estimate of drug-likeness (QED) is 0.707. The molecular weight excluding hydrogens is 386 g/mol. The minimum Gasteiger partial charge on any atom is -0.385 e. The zero-order chi connectivity index (χ0) is 19.7. The first-order valence-electron chi connectivity index (χ1n) is 10.1.